The molecule has 0 aliphatic carbocycles. The van der Waals surface area contributed by atoms with Crippen LogP contribution in [0.5, 0.6) is 0 Å². The van der Waals surface area contributed by atoms with E-state index in [4.69, 9.17) is 16.6 Å². The number of pyridine rings is 1. The summed E-state index contributed by atoms with van der Waals surface area (Å²) >= 11 is 6.35. The van der Waals surface area contributed by atoms with Gasteiger partial charge in [-0.1, -0.05) is 12.1 Å². The van der Waals surface area contributed by atoms with Gasteiger partial charge in [0.05, 0.1) is 28.1 Å². The van der Waals surface area contributed by atoms with Gasteiger partial charge in [-0.05, 0) is 50.6 Å². The average Bonchev–Trinajstić information content (AvgIpc) is 2.86. The zero-order valence-electron chi connectivity index (χ0n) is 12.4. The maximum atomic E-state index is 6.35. The lowest BCUT2D eigenvalue weighted by Gasteiger charge is -2.18. The van der Waals surface area contributed by atoms with E-state index in [-0.39, 0.29) is 11.4 Å². The van der Waals surface area contributed by atoms with Gasteiger partial charge >= 0.3 is 0 Å². The largest absolute Gasteiger partial charge is 0.318 e. The topological polar surface area (TPSA) is 30.7 Å². The fourth-order valence-corrected chi connectivity index (χ4v) is 2.82. The molecule has 108 valence electrons. The highest BCUT2D eigenvalue weighted by Gasteiger charge is 2.20. The van der Waals surface area contributed by atoms with Crippen LogP contribution in [0.3, 0.4) is 0 Å². The van der Waals surface area contributed by atoms with Crippen molar-refractivity contribution in [3.63, 3.8) is 0 Å². The number of fused-ring (bicyclic) bond motifs is 1. The molecule has 4 heteroatoms. The Morgan fingerprint density at radius 2 is 1.95 bits per heavy atom. The van der Waals surface area contributed by atoms with Gasteiger partial charge in [-0.3, -0.25) is 4.98 Å². The third-order valence-electron chi connectivity index (χ3n) is 3.73. The number of benzene rings is 1. The van der Waals surface area contributed by atoms with Crippen LogP contribution in [-0.2, 0) is 0 Å². The van der Waals surface area contributed by atoms with Crippen molar-refractivity contribution in [2.75, 3.05) is 0 Å². The highest BCUT2D eigenvalue weighted by Crippen LogP contribution is 2.30. The smallest absolute Gasteiger partial charge is 0.128 e. The Morgan fingerprint density at radius 3 is 2.62 bits per heavy atom. The molecule has 21 heavy (non-hydrogen) atoms. The molecule has 0 N–H and O–H groups in total. The molecular weight excluding hydrogens is 282 g/mol. The van der Waals surface area contributed by atoms with E-state index in [0.29, 0.717) is 0 Å². The zero-order valence-corrected chi connectivity index (χ0v) is 13.2. The minimum absolute atomic E-state index is 0.0919. The van der Waals surface area contributed by atoms with Gasteiger partial charge in [0, 0.05) is 6.20 Å². The lowest BCUT2D eigenvalue weighted by atomic mass is 10.1. The summed E-state index contributed by atoms with van der Waals surface area (Å²) in [7, 11) is 0. The highest BCUT2D eigenvalue weighted by molar-refractivity contribution is 6.20. The summed E-state index contributed by atoms with van der Waals surface area (Å²) in [5.41, 5.74) is 4.31. The Balaban J connectivity index is 2.24. The van der Waals surface area contributed by atoms with Crippen molar-refractivity contribution in [1.29, 1.82) is 0 Å². The van der Waals surface area contributed by atoms with Crippen molar-refractivity contribution in [2.45, 2.75) is 32.2 Å². The van der Waals surface area contributed by atoms with Gasteiger partial charge in [-0.2, -0.15) is 0 Å². The van der Waals surface area contributed by atoms with Crippen LogP contribution >= 0.6 is 11.6 Å². The lowest BCUT2D eigenvalue weighted by molar-refractivity contribution is 0.603. The van der Waals surface area contributed by atoms with Crippen molar-refractivity contribution in [1.82, 2.24) is 14.5 Å². The third-order valence-corrected chi connectivity index (χ3v) is 3.93. The lowest BCUT2D eigenvalue weighted by Crippen LogP contribution is -2.12. The van der Waals surface area contributed by atoms with E-state index in [1.54, 1.807) is 0 Å². The van der Waals surface area contributed by atoms with Gasteiger partial charge in [-0.25, -0.2) is 4.98 Å². The SMILES string of the molecule is Cc1ccc2nc(C(C)Cl)n(C(C)c3ccccn3)c2c1. The highest BCUT2D eigenvalue weighted by atomic mass is 35.5. The van der Waals surface area contributed by atoms with Crippen molar-refractivity contribution < 1.29 is 0 Å². The van der Waals surface area contributed by atoms with Gasteiger partial charge in [0.15, 0.2) is 0 Å². The summed E-state index contributed by atoms with van der Waals surface area (Å²) in [6.07, 6.45) is 1.82. The van der Waals surface area contributed by atoms with Crippen LogP contribution in [0.2, 0.25) is 0 Å². The quantitative estimate of drug-likeness (QED) is 0.659. The summed E-state index contributed by atoms with van der Waals surface area (Å²) in [5, 5.41) is -0.149. The van der Waals surface area contributed by atoms with E-state index in [1.807, 2.05) is 31.3 Å². The molecule has 0 radical (unpaired) electrons. The standard InChI is InChI=1S/C17H18ClN3/c1-11-7-8-15-16(10-11)21(17(20-15)12(2)18)13(3)14-6-4-5-9-19-14/h4-10,12-13H,1-3H3. The fraction of sp³-hybridized carbons (Fsp3) is 0.294. The van der Waals surface area contributed by atoms with Crippen molar-refractivity contribution in [3.8, 4) is 0 Å². The predicted molar refractivity (Wildman–Crippen MR) is 86.8 cm³/mol. The minimum atomic E-state index is -0.149. The van der Waals surface area contributed by atoms with E-state index in [0.717, 1.165) is 22.6 Å². The van der Waals surface area contributed by atoms with Crippen molar-refractivity contribution >= 4 is 22.6 Å². The minimum Gasteiger partial charge on any atom is -0.318 e. The first-order valence-electron chi connectivity index (χ1n) is 7.11. The van der Waals surface area contributed by atoms with Gasteiger partial charge in [0.25, 0.3) is 0 Å². The third kappa shape index (κ3) is 2.54. The number of hydrogen-bond acceptors (Lipinski definition) is 2. The molecule has 0 fully saturated rings. The number of nitrogens with zero attached hydrogens (tertiary/aromatic N) is 3. The first-order chi connectivity index (χ1) is 10.1. The van der Waals surface area contributed by atoms with Crippen LogP contribution in [0, 0.1) is 6.92 Å². The zero-order chi connectivity index (χ0) is 15.0. The Bertz CT molecular complexity index is 762. The number of imidazole rings is 1. The maximum absolute atomic E-state index is 6.35. The number of alkyl halides is 1. The van der Waals surface area contributed by atoms with E-state index >= 15 is 0 Å². The Kier molecular flexibility index (Phi) is 3.68. The Morgan fingerprint density at radius 1 is 1.14 bits per heavy atom. The maximum Gasteiger partial charge on any atom is 0.128 e. The normalized spacial score (nSPS) is 14.3. The molecule has 1 aromatic carbocycles. The van der Waals surface area contributed by atoms with Gasteiger partial charge in [-0.15, -0.1) is 11.6 Å². The molecule has 0 spiro atoms. The second-order valence-corrected chi connectivity index (χ2v) is 6.03. The van der Waals surface area contributed by atoms with E-state index in [9.17, 15) is 0 Å². The second kappa shape index (κ2) is 5.49. The van der Waals surface area contributed by atoms with Gasteiger partial charge in [0.1, 0.15) is 5.82 Å². The Labute approximate surface area is 129 Å². The molecule has 0 aliphatic heterocycles. The molecule has 0 saturated carbocycles. The molecule has 0 aliphatic rings. The first-order valence-corrected chi connectivity index (χ1v) is 7.55. The molecule has 2 aromatic heterocycles. The fourth-order valence-electron chi connectivity index (χ4n) is 2.66. The first kappa shape index (κ1) is 14.1. The second-order valence-electron chi connectivity index (χ2n) is 5.38. The number of hydrogen-bond donors (Lipinski definition) is 0. The number of halogens is 1. The van der Waals surface area contributed by atoms with Crippen LogP contribution in [-0.4, -0.2) is 14.5 Å². The molecule has 2 atom stereocenters. The number of rotatable bonds is 3. The predicted octanol–water partition coefficient (Wildman–Crippen LogP) is 4.65. The van der Waals surface area contributed by atoms with E-state index < -0.39 is 0 Å². The van der Waals surface area contributed by atoms with Crippen LogP contribution in [0.25, 0.3) is 11.0 Å². The van der Waals surface area contributed by atoms with Gasteiger partial charge < -0.3 is 4.57 Å². The molecule has 3 aromatic rings. The number of aromatic nitrogens is 3. The molecule has 0 saturated heterocycles. The molecule has 2 unspecified atom stereocenters. The van der Waals surface area contributed by atoms with Crippen molar-refractivity contribution in [2.24, 2.45) is 0 Å². The van der Waals surface area contributed by atoms with Crippen LogP contribution < -0.4 is 0 Å². The molecule has 2 heterocycles. The van der Waals surface area contributed by atoms with E-state index in [1.165, 1.54) is 5.56 Å². The summed E-state index contributed by atoms with van der Waals surface area (Å²) in [6.45, 7) is 6.18. The van der Waals surface area contributed by atoms with E-state index in [2.05, 4.69) is 41.6 Å². The van der Waals surface area contributed by atoms with Gasteiger partial charge in [0.2, 0.25) is 0 Å². The summed E-state index contributed by atoms with van der Waals surface area (Å²) < 4.78 is 2.20. The average molecular weight is 300 g/mol. The van der Waals surface area contributed by atoms with Crippen molar-refractivity contribution in [3.05, 3.63) is 59.7 Å². The Hall–Kier alpha value is -1.87. The summed E-state index contributed by atoms with van der Waals surface area (Å²) in [6, 6.07) is 12.3. The summed E-state index contributed by atoms with van der Waals surface area (Å²) in [5.74, 6) is 0.885. The molecule has 3 nitrogen and oxygen atoms in total. The molecule has 0 amide bonds. The van der Waals surface area contributed by atoms with Crippen LogP contribution in [0.15, 0.2) is 42.6 Å². The summed E-state index contributed by atoms with van der Waals surface area (Å²) in [4.78, 5) is 9.18. The van der Waals surface area contributed by atoms with Crippen LogP contribution in [0.1, 0.15) is 42.3 Å². The monoisotopic (exact) mass is 299 g/mol. The molecular formula is C17H18ClN3. The molecule has 0 bridgehead atoms. The molecule has 3 rings (SSSR count). The van der Waals surface area contributed by atoms with Crippen LogP contribution in [0.4, 0.5) is 0 Å². The number of aryl methyl sites for hydroxylation is 1.